The second-order valence-corrected chi connectivity index (χ2v) is 2.96. The van der Waals surface area contributed by atoms with Crippen LogP contribution in [0.5, 0.6) is 0 Å². The summed E-state index contributed by atoms with van der Waals surface area (Å²) in [7, 11) is 1.22. The van der Waals surface area contributed by atoms with Crippen LogP contribution >= 0.6 is 0 Å². The molecule has 92 valence electrons. The van der Waals surface area contributed by atoms with E-state index in [0.717, 1.165) is 0 Å². The third kappa shape index (κ3) is 5.84. The summed E-state index contributed by atoms with van der Waals surface area (Å²) >= 11 is 0. The number of carboxylic acids is 1. The molecule has 0 saturated carbocycles. The van der Waals surface area contributed by atoms with Gasteiger partial charge in [-0.3, -0.25) is 9.59 Å². The van der Waals surface area contributed by atoms with Gasteiger partial charge in [0.15, 0.2) is 0 Å². The third-order valence-corrected chi connectivity index (χ3v) is 1.88. The number of hydrogen-bond donors (Lipinski definition) is 2. The molecule has 0 unspecified atom stereocenters. The zero-order chi connectivity index (χ0) is 12.6. The number of ether oxygens (including phenoxy) is 1. The van der Waals surface area contributed by atoms with Crippen LogP contribution in [0.25, 0.3) is 0 Å². The van der Waals surface area contributed by atoms with Gasteiger partial charge in [-0.1, -0.05) is 0 Å². The molecule has 0 aromatic carbocycles. The smallest absolute Gasteiger partial charge is 0.325 e. The van der Waals surface area contributed by atoms with Crippen LogP contribution in [0.1, 0.15) is 13.3 Å². The van der Waals surface area contributed by atoms with E-state index in [4.69, 9.17) is 5.11 Å². The van der Waals surface area contributed by atoms with Crippen molar-refractivity contribution in [3.8, 4) is 0 Å². The summed E-state index contributed by atoms with van der Waals surface area (Å²) in [6.07, 6.45) is -0.126. The molecule has 0 aliphatic heterocycles. The van der Waals surface area contributed by atoms with Gasteiger partial charge in [0.1, 0.15) is 6.54 Å². The number of nitrogens with zero attached hydrogens (tertiary/aromatic N) is 1. The first-order valence-electron chi connectivity index (χ1n) is 4.82. The second kappa shape index (κ2) is 7.49. The van der Waals surface area contributed by atoms with Gasteiger partial charge in [-0.25, -0.2) is 4.79 Å². The average Bonchev–Trinajstić information content (AvgIpc) is 2.26. The Morgan fingerprint density at radius 1 is 1.38 bits per heavy atom. The summed E-state index contributed by atoms with van der Waals surface area (Å²) in [4.78, 5) is 33.8. The summed E-state index contributed by atoms with van der Waals surface area (Å²) in [5.74, 6) is -1.53. The normalized spacial score (nSPS) is 9.38. The SMILES string of the molecule is CCN(CCC(=O)O)C(=O)NCC(=O)OC. The maximum absolute atomic E-state index is 11.4. The van der Waals surface area contributed by atoms with Gasteiger partial charge in [0.2, 0.25) is 0 Å². The molecule has 2 amide bonds. The van der Waals surface area contributed by atoms with Crippen molar-refractivity contribution in [2.24, 2.45) is 0 Å². The van der Waals surface area contributed by atoms with Gasteiger partial charge in [-0.2, -0.15) is 0 Å². The highest BCUT2D eigenvalue weighted by molar-refractivity contribution is 5.81. The third-order valence-electron chi connectivity index (χ3n) is 1.88. The summed E-state index contributed by atoms with van der Waals surface area (Å²) in [5.41, 5.74) is 0. The van der Waals surface area contributed by atoms with Crippen molar-refractivity contribution in [1.29, 1.82) is 0 Å². The van der Waals surface area contributed by atoms with Crippen molar-refractivity contribution in [3.63, 3.8) is 0 Å². The first-order valence-corrected chi connectivity index (χ1v) is 4.82. The molecule has 0 aliphatic rings. The minimum Gasteiger partial charge on any atom is -0.481 e. The van der Waals surface area contributed by atoms with Crippen LogP contribution in [0.2, 0.25) is 0 Å². The molecule has 0 radical (unpaired) electrons. The molecule has 7 heteroatoms. The fourth-order valence-electron chi connectivity index (χ4n) is 0.966. The molecule has 7 nitrogen and oxygen atoms in total. The summed E-state index contributed by atoms with van der Waals surface area (Å²) in [6, 6.07) is -0.478. The summed E-state index contributed by atoms with van der Waals surface area (Å²) < 4.78 is 4.35. The molecule has 0 heterocycles. The van der Waals surface area contributed by atoms with Crippen LogP contribution in [-0.2, 0) is 14.3 Å². The Hall–Kier alpha value is -1.79. The molecule has 0 aromatic rings. The molecule has 0 bridgehead atoms. The standard InChI is InChI=1S/C9H16N2O5/c1-3-11(5-4-7(12)13)9(15)10-6-8(14)16-2/h3-6H2,1-2H3,(H,10,15)(H,12,13). The minimum absolute atomic E-state index is 0.110. The number of urea groups is 1. The van der Waals surface area contributed by atoms with Gasteiger partial charge >= 0.3 is 18.0 Å². The predicted molar refractivity (Wildman–Crippen MR) is 54.9 cm³/mol. The van der Waals surface area contributed by atoms with E-state index in [1.54, 1.807) is 6.92 Å². The van der Waals surface area contributed by atoms with Crippen molar-refractivity contribution >= 4 is 18.0 Å². The number of hydrogen-bond acceptors (Lipinski definition) is 4. The Bertz CT molecular complexity index is 267. The minimum atomic E-state index is -0.973. The number of rotatable bonds is 6. The number of carbonyl (C=O) groups excluding carboxylic acids is 2. The van der Waals surface area contributed by atoms with Crippen molar-refractivity contribution in [2.75, 3.05) is 26.7 Å². The van der Waals surface area contributed by atoms with Crippen LogP contribution in [0, 0.1) is 0 Å². The number of methoxy groups -OCH3 is 1. The van der Waals surface area contributed by atoms with Crippen molar-refractivity contribution in [3.05, 3.63) is 0 Å². The Kier molecular flexibility index (Phi) is 6.66. The monoisotopic (exact) mass is 232 g/mol. The Morgan fingerprint density at radius 3 is 2.44 bits per heavy atom. The highest BCUT2D eigenvalue weighted by Gasteiger charge is 2.13. The lowest BCUT2D eigenvalue weighted by Gasteiger charge is -2.19. The molecular weight excluding hydrogens is 216 g/mol. The Morgan fingerprint density at radius 2 is 2.00 bits per heavy atom. The molecule has 2 N–H and O–H groups in total. The number of carboxylic acid groups (broad SMARTS) is 1. The number of carbonyl (C=O) groups is 3. The zero-order valence-electron chi connectivity index (χ0n) is 9.36. The van der Waals surface area contributed by atoms with E-state index in [-0.39, 0.29) is 19.5 Å². The van der Waals surface area contributed by atoms with Crippen LogP contribution in [0.3, 0.4) is 0 Å². The van der Waals surface area contributed by atoms with Crippen LogP contribution in [-0.4, -0.2) is 54.7 Å². The largest absolute Gasteiger partial charge is 0.481 e. The lowest BCUT2D eigenvalue weighted by molar-refractivity contribution is -0.139. The van der Waals surface area contributed by atoms with Gasteiger partial charge in [-0.15, -0.1) is 0 Å². The maximum atomic E-state index is 11.4. The zero-order valence-corrected chi connectivity index (χ0v) is 9.36. The van der Waals surface area contributed by atoms with E-state index >= 15 is 0 Å². The van der Waals surface area contributed by atoms with Crippen LogP contribution in [0.4, 0.5) is 4.79 Å². The van der Waals surface area contributed by atoms with E-state index in [0.29, 0.717) is 6.54 Å². The summed E-state index contributed by atoms with van der Waals surface area (Å²) in [6.45, 7) is 1.98. The Balaban J connectivity index is 4.00. The predicted octanol–water partition coefficient (Wildman–Crippen LogP) is -0.334. The first-order chi connectivity index (χ1) is 7.51. The van der Waals surface area contributed by atoms with Crippen molar-refractivity contribution in [1.82, 2.24) is 10.2 Å². The van der Waals surface area contributed by atoms with E-state index in [1.807, 2.05) is 0 Å². The van der Waals surface area contributed by atoms with E-state index in [9.17, 15) is 14.4 Å². The molecule has 0 atom stereocenters. The van der Waals surface area contributed by atoms with E-state index < -0.39 is 18.0 Å². The average molecular weight is 232 g/mol. The molecule has 16 heavy (non-hydrogen) atoms. The van der Waals surface area contributed by atoms with Gasteiger partial charge in [-0.05, 0) is 6.92 Å². The first kappa shape index (κ1) is 14.2. The molecule has 0 saturated heterocycles. The second-order valence-electron chi connectivity index (χ2n) is 2.96. The number of aliphatic carboxylic acids is 1. The molecule has 0 aromatic heterocycles. The topological polar surface area (TPSA) is 95.9 Å². The molecule has 0 fully saturated rings. The highest BCUT2D eigenvalue weighted by atomic mass is 16.5. The fourth-order valence-corrected chi connectivity index (χ4v) is 0.966. The lowest BCUT2D eigenvalue weighted by atomic mass is 10.4. The molecule has 0 aliphatic carbocycles. The molecule has 0 rings (SSSR count). The molecule has 0 spiro atoms. The van der Waals surface area contributed by atoms with Gasteiger partial charge in [0.25, 0.3) is 0 Å². The van der Waals surface area contributed by atoms with E-state index in [1.165, 1.54) is 12.0 Å². The highest BCUT2D eigenvalue weighted by Crippen LogP contribution is 1.92. The fraction of sp³-hybridized carbons (Fsp3) is 0.667. The number of nitrogens with one attached hydrogen (secondary N) is 1. The lowest BCUT2D eigenvalue weighted by Crippen LogP contribution is -2.43. The number of esters is 1. The Labute approximate surface area is 93.4 Å². The van der Waals surface area contributed by atoms with Crippen molar-refractivity contribution < 1.29 is 24.2 Å². The summed E-state index contributed by atoms with van der Waals surface area (Å²) in [5, 5.41) is 10.8. The van der Waals surface area contributed by atoms with Gasteiger partial charge in [0, 0.05) is 13.1 Å². The van der Waals surface area contributed by atoms with Crippen LogP contribution < -0.4 is 5.32 Å². The van der Waals surface area contributed by atoms with Gasteiger partial charge < -0.3 is 20.1 Å². The van der Waals surface area contributed by atoms with Crippen LogP contribution in [0.15, 0.2) is 0 Å². The quantitative estimate of drug-likeness (QED) is 0.611. The molecular formula is C9H16N2O5. The van der Waals surface area contributed by atoms with Crippen molar-refractivity contribution in [2.45, 2.75) is 13.3 Å². The maximum Gasteiger partial charge on any atom is 0.325 e. The van der Waals surface area contributed by atoms with E-state index in [2.05, 4.69) is 10.1 Å². The number of amides is 2. The van der Waals surface area contributed by atoms with Gasteiger partial charge in [0.05, 0.1) is 13.5 Å².